The highest BCUT2D eigenvalue weighted by Crippen LogP contribution is 2.36. The third-order valence-corrected chi connectivity index (χ3v) is 9.96. The van der Waals surface area contributed by atoms with Crippen LogP contribution in [0.25, 0.3) is 0 Å². The molecule has 1 aliphatic rings. The second-order valence-corrected chi connectivity index (χ2v) is 13.7. The molecule has 0 aliphatic heterocycles. The summed E-state index contributed by atoms with van der Waals surface area (Å²) in [5.74, 6) is 0.0895. The van der Waals surface area contributed by atoms with E-state index >= 15 is 4.39 Å². The highest BCUT2D eigenvalue weighted by atomic mass is 32.2. The van der Waals surface area contributed by atoms with Crippen LogP contribution in [0.4, 0.5) is 8.78 Å². The molecule has 0 aromatic heterocycles. The Balaban J connectivity index is 0.943. The molecule has 0 fully saturated rings. The second-order valence-electron chi connectivity index (χ2n) is 12.6. The first-order valence-electron chi connectivity index (χ1n) is 17.0. The molecule has 54 heavy (non-hydrogen) atoms. The minimum atomic E-state index is -1.73. The topological polar surface area (TPSA) is 77.5 Å². The molecule has 1 atom stereocenters. The molecule has 0 heterocycles. The third kappa shape index (κ3) is 8.09. The smallest absolute Gasteiger partial charge is 0.193 e. The summed E-state index contributed by atoms with van der Waals surface area (Å²) < 4.78 is 34.7. The summed E-state index contributed by atoms with van der Waals surface area (Å²) in [6.07, 6.45) is 5.16. The molecule has 6 aromatic rings. The van der Waals surface area contributed by atoms with Crippen LogP contribution in [0.2, 0.25) is 0 Å². The number of ether oxygens (including phenoxy) is 1. The highest BCUT2D eigenvalue weighted by molar-refractivity contribution is 7.99. The molecule has 8 heteroatoms. The van der Waals surface area contributed by atoms with Crippen LogP contribution in [0.5, 0.6) is 11.5 Å². The van der Waals surface area contributed by atoms with Crippen molar-refractivity contribution in [2.45, 2.75) is 21.9 Å². The summed E-state index contributed by atoms with van der Waals surface area (Å²) in [7, 11) is 0. The van der Waals surface area contributed by atoms with Crippen LogP contribution in [0.3, 0.4) is 0 Å². The Kier molecular flexibility index (Phi) is 10.4. The Bertz CT molecular complexity index is 2420. The van der Waals surface area contributed by atoms with Crippen molar-refractivity contribution in [1.82, 2.24) is 0 Å². The SMILES string of the molecule is O=CC1=CCC(F)(c2ccc(C(=O)c3ccc(Sc4cccc(Oc5ccc(C(=O)c6ccc(C(=O)c7ccc(F)cc7)cc6)cc5)c4)cc3)cc2)C=C1. The fourth-order valence-electron chi connectivity index (χ4n) is 5.93. The zero-order valence-electron chi connectivity index (χ0n) is 28.6. The molecule has 7 rings (SSSR count). The molecule has 5 nitrogen and oxygen atoms in total. The average molecular weight is 733 g/mol. The zero-order chi connectivity index (χ0) is 37.7. The van der Waals surface area contributed by atoms with Crippen molar-refractivity contribution in [1.29, 1.82) is 0 Å². The van der Waals surface area contributed by atoms with Crippen LogP contribution in [0.1, 0.15) is 59.7 Å². The first kappa shape index (κ1) is 35.9. The summed E-state index contributed by atoms with van der Waals surface area (Å²) >= 11 is 1.51. The Morgan fingerprint density at radius 1 is 0.593 bits per heavy atom. The lowest BCUT2D eigenvalue weighted by molar-refractivity contribution is -0.104. The number of hydrogen-bond acceptors (Lipinski definition) is 6. The molecule has 264 valence electrons. The number of halogens is 2. The molecule has 0 radical (unpaired) electrons. The van der Waals surface area contributed by atoms with Crippen LogP contribution in [-0.2, 0) is 10.5 Å². The average Bonchev–Trinajstić information content (AvgIpc) is 3.21. The maximum absolute atomic E-state index is 15.4. The minimum absolute atomic E-state index is 0.0560. The maximum atomic E-state index is 15.4. The molecule has 0 spiro atoms. The monoisotopic (exact) mass is 732 g/mol. The highest BCUT2D eigenvalue weighted by Gasteiger charge is 2.30. The van der Waals surface area contributed by atoms with Crippen molar-refractivity contribution >= 4 is 35.4 Å². The van der Waals surface area contributed by atoms with Gasteiger partial charge in [-0.1, -0.05) is 78.5 Å². The van der Waals surface area contributed by atoms with Crippen molar-refractivity contribution in [2.24, 2.45) is 0 Å². The number of benzene rings is 6. The van der Waals surface area contributed by atoms with Crippen molar-refractivity contribution in [3.8, 4) is 11.5 Å². The van der Waals surface area contributed by atoms with Gasteiger partial charge >= 0.3 is 0 Å². The Morgan fingerprint density at radius 3 is 1.57 bits per heavy atom. The van der Waals surface area contributed by atoms with Crippen molar-refractivity contribution in [3.63, 3.8) is 0 Å². The number of hydrogen-bond donors (Lipinski definition) is 0. The van der Waals surface area contributed by atoms with E-state index in [2.05, 4.69) is 0 Å². The van der Waals surface area contributed by atoms with Crippen LogP contribution in [0, 0.1) is 5.82 Å². The van der Waals surface area contributed by atoms with Gasteiger partial charge in [0.1, 0.15) is 23.6 Å². The van der Waals surface area contributed by atoms with E-state index in [-0.39, 0.29) is 23.8 Å². The number of carbonyl (C=O) groups excluding carboxylic acids is 4. The predicted molar refractivity (Wildman–Crippen MR) is 204 cm³/mol. The van der Waals surface area contributed by atoms with Gasteiger partial charge in [0.15, 0.2) is 23.0 Å². The molecular weight excluding hydrogens is 703 g/mol. The van der Waals surface area contributed by atoms with Crippen LogP contribution in [-0.4, -0.2) is 23.6 Å². The Labute approximate surface area is 314 Å². The molecule has 0 saturated heterocycles. The van der Waals surface area contributed by atoms with Gasteiger partial charge in [-0.15, -0.1) is 0 Å². The quantitative estimate of drug-likeness (QED) is 0.0921. The Hall–Kier alpha value is -6.51. The van der Waals surface area contributed by atoms with Crippen LogP contribution >= 0.6 is 11.8 Å². The van der Waals surface area contributed by atoms with E-state index in [4.69, 9.17) is 4.74 Å². The van der Waals surface area contributed by atoms with Gasteiger partial charge in [-0.2, -0.15) is 0 Å². The van der Waals surface area contributed by atoms with Gasteiger partial charge in [-0.3, -0.25) is 19.2 Å². The lowest BCUT2D eigenvalue weighted by Gasteiger charge is -2.23. The largest absolute Gasteiger partial charge is 0.457 e. The van der Waals surface area contributed by atoms with E-state index < -0.39 is 11.5 Å². The van der Waals surface area contributed by atoms with Gasteiger partial charge in [-0.25, -0.2) is 8.78 Å². The van der Waals surface area contributed by atoms with E-state index in [1.807, 2.05) is 36.4 Å². The first-order valence-corrected chi connectivity index (χ1v) is 17.8. The van der Waals surface area contributed by atoms with Crippen LogP contribution < -0.4 is 4.74 Å². The maximum Gasteiger partial charge on any atom is 0.193 e. The fraction of sp³-hybridized carbons (Fsp3) is 0.0435. The fourth-order valence-corrected chi connectivity index (χ4v) is 6.79. The van der Waals surface area contributed by atoms with Gasteiger partial charge < -0.3 is 4.74 Å². The first-order chi connectivity index (χ1) is 26.2. The van der Waals surface area contributed by atoms with E-state index in [9.17, 15) is 23.6 Å². The molecular formula is C46H30F2O5S. The van der Waals surface area contributed by atoms with E-state index in [0.717, 1.165) is 9.79 Å². The normalized spacial score (nSPS) is 14.9. The lowest BCUT2D eigenvalue weighted by atomic mass is 9.86. The number of carbonyl (C=O) groups is 4. The molecule has 0 bridgehead atoms. The van der Waals surface area contributed by atoms with E-state index in [1.165, 1.54) is 48.2 Å². The minimum Gasteiger partial charge on any atom is -0.457 e. The van der Waals surface area contributed by atoms with Gasteiger partial charge in [0.2, 0.25) is 0 Å². The predicted octanol–water partition coefficient (Wildman–Crippen LogP) is 10.7. The zero-order valence-corrected chi connectivity index (χ0v) is 29.4. The third-order valence-electron chi connectivity index (χ3n) is 8.96. The number of aldehydes is 1. The Morgan fingerprint density at radius 2 is 1.07 bits per heavy atom. The molecule has 6 aromatic carbocycles. The molecule has 0 saturated carbocycles. The van der Waals surface area contributed by atoms with Crippen molar-refractivity contribution in [2.75, 3.05) is 0 Å². The number of rotatable bonds is 12. The summed E-state index contributed by atoms with van der Waals surface area (Å²) in [5.41, 5.74) is 1.73. The van der Waals surface area contributed by atoms with Gasteiger partial charge in [0.25, 0.3) is 0 Å². The number of alkyl halides is 1. The molecule has 1 aliphatic carbocycles. The second kappa shape index (κ2) is 15.6. The van der Waals surface area contributed by atoms with Crippen molar-refractivity contribution in [3.05, 3.63) is 214 Å². The van der Waals surface area contributed by atoms with Gasteiger partial charge in [0.05, 0.1) is 0 Å². The van der Waals surface area contributed by atoms with Crippen molar-refractivity contribution < 1.29 is 32.7 Å². The summed E-state index contributed by atoms with van der Waals surface area (Å²) in [6, 6.07) is 39.7. The standard InChI is InChI=1S/C46H30F2O5S/c47-38-18-10-34(11-19-38)43(50)31-4-6-32(7-5-31)44(51)35-12-20-39(21-13-35)53-40-2-1-3-42(28-40)54-41-22-14-36(15-23-41)45(52)33-8-16-37(17-9-33)46(48)26-24-30(29-49)25-27-46/h1-26,28-29H,27H2. The van der Waals surface area contributed by atoms with Gasteiger partial charge in [0, 0.05) is 55.2 Å². The number of allylic oxidation sites excluding steroid dienone is 4. The van der Waals surface area contributed by atoms with Gasteiger partial charge in [-0.05, 0) is 103 Å². The summed E-state index contributed by atoms with van der Waals surface area (Å²) in [5, 5.41) is 0. The number of ketones is 3. The molecule has 0 N–H and O–H groups in total. The van der Waals surface area contributed by atoms with Crippen LogP contribution in [0.15, 0.2) is 179 Å². The van der Waals surface area contributed by atoms with E-state index in [1.54, 1.807) is 91.0 Å². The van der Waals surface area contributed by atoms with E-state index in [0.29, 0.717) is 62.3 Å². The lowest BCUT2D eigenvalue weighted by Crippen LogP contribution is -2.19. The summed E-state index contributed by atoms with van der Waals surface area (Å²) in [6.45, 7) is 0. The summed E-state index contributed by atoms with van der Waals surface area (Å²) in [4.78, 5) is 51.8. The molecule has 0 amide bonds. The molecule has 1 unspecified atom stereocenters.